The molecule has 20 heavy (non-hydrogen) atoms. The molecule has 0 radical (unpaired) electrons. The summed E-state index contributed by atoms with van der Waals surface area (Å²) in [5.41, 5.74) is 7.74. The van der Waals surface area contributed by atoms with E-state index in [-0.39, 0.29) is 0 Å². The van der Waals surface area contributed by atoms with Gasteiger partial charge in [-0.05, 0) is 54.0 Å². The summed E-state index contributed by atoms with van der Waals surface area (Å²) >= 11 is 0. The van der Waals surface area contributed by atoms with Crippen LogP contribution in [0.15, 0.2) is 42.5 Å². The van der Waals surface area contributed by atoms with E-state index in [4.69, 9.17) is 0 Å². The van der Waals surface area contributed by atoms with Gasteiger partial charge in [0.25, 0.3) is 0 Å². The summed E-state index contributed by atoms with van der Waals surface area (Å²) in [4.78, 5) is 0. The summed E-state index contributed by atoms with van der Waals surface area (Å²) in [5, 5.41) is 12.4. The number of fused-ring (bicyclic) bond motifs is 5. The van der Waals surface area contributed by atoms with Gasteiger partial charge in [0.1, 0.15) is 5.75 Å². The van der Waals surface area contributed by atoms with Gasteiger partial charge in [-0.2, -0.15) is 0 Å². The second-order valence-corrected chi connectivity index (χ2v) is 5.82. The van der Waals surface area contributed by atoms with Crippen molar-refractivity contribution < 1.29 is 5.11 Å². The molecule has 3 aromatic rings. The molecule has 0 heterocycles. The minimum atomic E-state index is 0.392. The lowest BCUT2D eigenvalue weighted by Gasteiger charge is -2.10. The average Bonchev–Trinajstić information content (AvgIpc) is 2.76. The van der Waals surface area contributed by atoms with Crippen molar-refractivity contribution in [3.05, 3.63) is 64.7 Å². The zero-order valence-corrected chi connectivity index (χ0v) is 11.7. The summed E-state index contributed by atoms with van der Waals surface area (Å²) in [6, 6.07) is 14.8. The first kappa shape index (κ1) is 11.5. The van der Waals surface area contributed by atoms with E-state index < -0.39 is 0 Å². The van der Waals surface area contributed by atoms with Crippen LogP contribution in [0.5, 0.6) is 5.75 Å². The second kappa shape index (κ2) is 3.86. The van der Waals surface area contributed by atoms with Crippen LogP contribution in [0.2, 0.25) is 0 Å². The number of hydrogen-bond acceptors (Lipinski definition) is 1. The molecule has 1 aliphatic carbocycles. The Bertz CT molecular complexity index is 859. The lowest BCUT2D eigenvalue weighted by molar-refractivity contribution is 0.481. The number of aromatic hydroxyl groups is 1. The van der Waals surface area contributed by atoms with Crippen LogP contribution >= 0.6 is 0 Å². The Morgan fingerprint density at radius 2 is 1.55 bits per heavy atom. The van der Waals surface area contributed by atoms with Gasteiger partial charge in [0.2, 0.25) is 0 Å². The zero-order valence-electron chi connectivity index (χ0n) is 11.7. The van der Waals surface area contributed by atoms with Gasteiger partial charge in [-0.25, -0.2) is 0 Å². The Hall–Kier alpha value is -2.28. The molecule has 0 bridgehead atoms. The van der Waals surface area contributed by atoms with Gasteiger partial charge in [-0.3, -0.25) is 0 Å². The number of hydrogen-bond donors (Lipinski definition) is 1. The van der Waals surface area contributed by atoms with Crippen LogP contribution < -0.4 is 0 Å². The summed E-state index contributed by atoms with van der Waals surface area (Å²) < 4.78 is 0. The van der Waals surface area contributed by atoms with Crippen molar-refractivity contribution in [3.8, 4) is 16.9 Å². The minimum absolute atomic E-state index is 0.392. The second-order valence-electron chi connectivity index (χ2n) is 5.82. The lowest BCUT2D eigenvalue weighted by Crippen LogP contribution is -1.85. The SMILES string of the molecule is Cc1ccc2c(c1)-c1c(cc(O)c3ccc(C)cc13)C2. The van der Waals surface area contributed by atoms with Crippen LogP contribution in [-0.4, -0.2) is 5.11 Å². The van der Waals surface area contributed by atoms with Crippen molar-refractivity contribution in [2.45, 2.75) is 20.3 Å². The highest BCUT2D eigenvalue weighted by atomic mass is 16.3. The normalized spacial score (nSPS) is 12.5. The average molecular weight is 260 g/mol. The maximum atomic E-state index is 10.3. The third-order valence-corrected chi connectivity index (χ3v) is 4.27. The number of benzene rings is 3. The Labute approximate surface area is 118 Å². The first-order valence-corrected chi connectivity index (χ1v) is 6.98. The van der Waals surface area contributed by atoms with E-state index in [2.05, 4.69) is 44.2 Å². The molecule has 0 saturated heterocycles. The molecule has 1 heteroatoms. The molecule has 0 aliphatic heterocycles. The van der Waals surface area contributed by atoms with Gasteiger partial charge < -0.3 is 5.11 Å². The molecular formula is C19H16O. The van der Waals surface area contributed by atoms with Crippen LogP contribution in [-0.2, 0) is 6.42 Å². The number of aryl methyl sites for hydroxylation is 2. The highest BCUT2D eigenvalue weighted by molar-refractivity contribution is 6.04. The molecule has 1 nitrogen and oxygen atoms in total. The molecule has 0 aromatic heterocycles. The fourth-order valence-corrected chi connectivity index (χ4v) is 3.32. The molecular weight excluding hydrogens is 244 g/mol. The van der Waals surface area contributed by atoms with Crippen LogP contribution in [0, 0.1) is 13.8 Å². The maximum Gasteiger partial charge on any atom is 0.123 e. The molecule has 0 fully saturated rings. The van der Waals surface area contributed by atoms with Gasteiger partial charge in [0.05, 0.1) is 0 Å². The summed E-state index contributed by atoms with van der Waals surface area (Å²) in [5.74, 6) is 0.392. The Kier molecular flexibility index (Phi) is 2.23. The highest BCUT2D eigenvalue weighted by Gasteiger charge is 2.22. The molecule has 0 amide bonds. The fraction of sp³-hybridized carbons (Fsp3) is 0.158. The molecule has 4 rings (SSSR count). The van der Waals surface area contributed by atoms with E-state index in [0.717, 1.165) is 11.8 Å². The smallest absolute Gasteiger partial charge is 0.123 e. The Morgan fingerprint density at radius 3 is 2.40 bits per heavy atom. The first-order chi connectivity index (χ1) is 9.63. The first-order valence-electron chi connectivity index (χ1n) is 6.98. The van der Waals surface area contributed by atoms with E-state index in [1.165, 1.54) is 38.8 Å². The number of phenols is 1. The quantitative estimate of drug-likeness (QED) is 0.484. The van der Waals surface area contributed by atoms with Gasteiger partial charge in [0, 0.05) is 5.39 Å². The fourth-order valence-electron chi connectivity index (χ4n) is 3.32. The van der Waals surface area contributed by atoms with E-state index in [9.17, 15) is 5.11 Å². The molecule has 0 spiro atoms. The predicted molar refractivity (Wildman–Crippen MR) is 83.3 cm³/mol. The van der Waals surface area contributed by atoms with Crippen molar-refractivity contribution in [1.82, 2.24) is 0 Å². The van der Waals surface area contributed by atoms with Crippen LogP contribution in [0.3, 0.4) is 0 Å². The number of rotatable bonds is 0. The lowest BCUT2D eigenvalue weighted by atomic mass is 9.95. The molecule has 0 unspecified atom stereocenters. The predicted octanol–water partition coefficient (Wildman–Crippen LogP) is 4.73. The van der Waals surface area contributed by atoms with Crippen molar-refractivity contribution in [2.75, 3.05) is 0 Å². The van der Waals surface area contributed by atoms with Crippen LogP contribution in [0.1, 0.15) is 22.3 Å². The van der Waals surface area contributed by atoms with E-state index >= 15 is 0 Å². The zero-order chi connectivity index (χ0) is 13.9. The molecule has 1 N–H and O–H groups in total. The monoisotopic (exact) mass is 260 g/mol. The van der Waals surface area contributed by atoms with Gasteiger partial charge in [-0.1, -0.05) is 47.5 Å². The van der Waals surface area contributed by atoms with Crippen molar-refractivity contribution in [2.24, 2.45) is 0 Å². The number of phenolic OH excluding ortho intramolecular Hbond substituents is 1. The Morgan fingerprint density at radius 1 is 0.800 bits per heavy atom. The summed E-state index contributed by atoms with van der Waals surface area (Å²) in [6.45, 7) is 4.23. The van der Waals surface area contributed by atoms with Gasteiger partial charge >= 0.3 is 0 Å². The third kappa shape index (κ3) is 1.50. The van der Waals surface area contributed by atoms with E-state index in [1.54, 1.807) is 0 Å². The van der Waals surface area contributed by atoms with E-state index in [0.29, 0.717) is 5.75 Å². The molecule has 1 aliphatic rings. The standard InChI is InChI=1S/C19H16O/c1-11-3-5-13-9-14-10-18(20)15-6-4-12(2)8-17(15)19(14)16(13)7-11/h3-8,10,20H,9H2,1-2H3. The maximum absolute atomic E-state index is 10.3. The van der Waals surface area contributed by atoms with Crippen molar-refractivity contribution in [3.63, 3.8) is 0 Å². The van der Waals surface area contributed by atoms with Gasteiger partial charge in [0.15, 0.2) is 0 Å². The largest absolute Gasteiger partial charge is 0.507 e. The third-order valence-electron chi connectivity index (χ3n) is 4.27. The molecule has 3 aromatic carbocycles. The Balaban J connectivity index is 2.16. The van der Waals surface area contributed by atoms with Crippen LogP contribution in [0.25, 0.3) is 21.9 Å². The minimum Gasteiger partial charge on any atom is -0.507 e. The summed E-state index contributed by atoms with van der Waals surface area (Å²) in [6.07, 6.45) is 0.919. The summed E-state index contributed by atoms with van der Waals surface area (Å²) in [7, 11) is 0. The van der Waals surface area contributed by atoms with Gasteiger partial charge in [-0.15, -0.1) is 0 Å². The van der Waals surface area contributed by atoms with Crippen molar-refractivity contribution in [1.29, 1.82) is 0 Å². The molecule has 0 atom stereocenters. The van der Waals surface area contributed by atoms with E-state index in [1.807, 2.05) is 12.1 Å². The molecule has 98 valence electrons. The van der Waals surface area contributed by atoms with Crippen molar-refractivity contribution >= 4 is 10.8 Å². The molecule has 0 saturated carbocycles. The topological polar surface area (TPSA) is 20.2 Å². The highest BCUT2D eigenvalue weighted by Crippen LogP contribution is 2.44. The van der Waals surface area contributed by atoms with Crippen LogP contribution in [0.4, 0.5) is 0 Å².